The first-order valence-electron chi connectivity index (χ1n) is 3.83. The Bertz CT molecular complexity index is 179. The fourth-order valence-electron chi connectivity index (χ4n) is 1.85. The lowest BCUT2D eigenvalue weighted by Gasteiger charge is -2.20. The standard InChI is InChI=1S/C8H15NO2/c1-7(2)4-8(7,5-9)6(11)3-10/h3,6,11H,4-5,9H2,1-2H3. The van der Waals surface area contributed by atoms with Crippen LogP contribution in [0.5, 0.6) is 0 Å². The van der Waals surface area contributed by atoms with Gasteiger partial charge in [0.2, 0.25) is 0 Å². The largest absolute Gasteiger partial charge is 0.385 e. The summed E-state index contributed by atoms with van der Waals surface area (Å²) in [6.45, 7) is 4.43. The number of rotatable bonds is 3. The van der Waals surface area contributed by atoms with Gasteiger partial charge in [0, 0.05) is 12.0 Å². The molecule has 3 N–H and O–H groups in total. The van der Waals surface area contributed by atoms with Gasteiger partial charge in [0.05, 0.1) is 0 Å². The summed E-state index contributed by atoms with van der Waals surface area (Å²) in [7, 11) is 0. The Morgan fingerprint density at radius 1 is 1.73 bits per heavy atom. The van der Waals surface area contributed by atoms with E-state index in [2.05, 4.69) is 0 Å². The number of carbonyl (C=O) groups is 1. The summed E-state index contributed by atoms with van der Waals surface area (Å²) in [4.78, 5) is 10.3. The number of aliphatic hydroxyl groups excluding tert-OH is 1. The van der Waals surface area contributed by atoms with Crippen molar-refractivity contribution in [3.05, 3.63) is 0 Å². The van der Waals surface area contributed by atoms with E-state index in [1.807, 2.05) is 13.8 Å². The van der Waals surface area contributed by atoms with Crippen LogP contribution >= 0.6 is 0 Å². The normalized spacial score (nSPS) is 36.4. The molecule has 1 rings (SSSR count). The molecule has 1 saturated carbocycles. The lowest BCUT2D eigenvalue weighted by atomic mass is 9.91. The van der Waals surface area contributed by atoms with Crippen LogP contribution in [0.4, 0.5) is 0 Å². The Morgan fingerprint density at radius 3 is 2.27 bits per heavy atom. The van der Waals surface area contributed by atoms with Crippen LogP contribution in [-0.2, 0) is 4.79 Å². The van der Waals surface area contributed by atoms with Gasteiger partial charge in [-0.25, -0.2) is 0 Å². The van der Waals surface area contributed by atoms with Crippen molar-refractivity contribution < 1.29 is 9.90 Å². The average molecular weight is 157 g/mol. The quantitative estimate of drug-likeness (QED) is 0.563. The van der Waals surface area contributed by atoms with Crippen molar-refractivity contribution in [2.75, 3.05) is 6.54 Å². The Hall–Kier alpha value is -0.410. The van der Waals surface area contributed by atoms with Crippen LogP contribution in [-0.4, -0.2) is 24.0 Å². The van der Waals surface area contributed by atoms with E-state index in [0.29, 0.717) is 12.8 Å². The molecule has 0 heterocycles. The van der Waals surface area contributed by atoms with E-state index in [1.165, 1.54) is 0 Å². The van der Waals surface area contributed by atoms with Gasteiger partial charge in [0.25, 0.3) is 0 Å². The minimum absolute atomic E-state index is 0.0298. The van der Waals surface area contributed by atoms with E-state index in [-0.39, 0.29) is 10.8 Å². The third kappa shape index (κ3) is 0.993. The first-order valence-corrected chi connectivity index (χ1v) is 3.83. The Labute approximate surface area is 66.6 Å². The summed E-state index contributed by atoms with van der Waals surface area (Å²) in [5.74, 6) is 0. The van der Waals surface area contributed by atoms with Gasteiger partial charge in [0.15, 0.2) is 0 Å². The minimum Gasteiger partial charge on any atom is -0.385 e. The highest BCUT2D eigenvalue weighted by molar-refractivity contribution is 5.59. The molecular weight excluding hydrogens is 142 g/mol. The molecule has 1 fully saturated rings. The highest BCUT2D eigenvalue weighted by atomic mass is 16.3. The number of aliphatic hydroxyl groups is 1. The van der Waals surface area contributed by atoms with Gasteiger partial charge in [-0.05, 0) is 11.8 Å². The maximum absolute atomic E-state index is 10.3. The molecule has 1 aliphatic rings. The molecule has 2 unspecified atom stereocenters. The number of carbonyl (C=O) groups excluding carboxylic acids is 1. The molecule has 0 aliphatic heterocycles. The molecule has 0 aromatic heterocycles. The fraction of sp³-hybridized carbons (Fsp3) is 0.875. The average Bonchev–Trinajstić information content (AvgIpc) is 2.53. The number of nitrogens with two attached hydrogens (primary N) is 1. The topological polar surface area (TPSA) is 63.3 Å². The van der Waals surface area contributed by atoms with E-state index < -0.39 is 6.10 Å². The van der Waals surface area contributed by atoms with Gasteiger partial charge in [-0.1, -0.05) is 13.8 Å². The van der Waals surface area contributed by atoms with Gasteiger partial charge in [-0.2, -0.15) is 0 Å². The van der Waals surface area contributed by atoms with Crippen molar-refractivity contribution in [3.63, 3.8) is 0 Å². The minimum atomic E-state index is -0.887. The fourth-order valence-corrected chi connectivity index (χ4v) is 1.85. The summed E-state index contributed by atoms with van der Waals surface area (Å²) < 4.78 is 0. The molecule has 0 saturated heterocycles. The summed E-state index contributed by atoms with van der Waals surface area (Å²) in [5, 5.41) is 9.34. The smallest absolute Gasteiger partial charge is 0.149 e. The third-order valence-corrected chi connectivity index (χ3v) is 3.04. The molecule has 0 radical (unpaired) electrons. The zero-order chi connectivity index (χ0) is 8.70. The first kappa shape index (κ1) is 8.68. The zero-order valence-corrected chi connectivity index (χ0v) is 7.00. The van der Waals surface area contributed by atoms with Gasteiger partial charge in [-0.3, -0.25) is 0 Å². The molecule has 0 spiro atoms. The van der Waals surface area contributed by atoms with Crippen molar-refractivity contribution in [1.29, 1.82) is 0 Å². The molecule has 11 heavy (non-hydrogen) atoms. The second kappa shape index (κ2) is 2.29. The summed E-state index contributed by atoms with van der Waals surface area (Å²) in [5.41, 5.74) is 5.19. The third-order valence-electron chi connectivity index (χ3n) is 3.04. The second-order valence-corrected chi connectivity index (χ2v) is 4.00. The summed E-state index contributed by atoms with van der Waals surface area (Å²) in [6, 6.07) is 0. The number of aldehydes is 1. The first-order chi connectivity index (χ1) is 5.00. The molecule has 2 atom stereocenters. The van der Waals surface area contributed by atoms with E-state index in [9.17, 15) is 9.90 Å². The van der Waals surface area contributed by atoms with Crippen LogP contribution in [0.1, 0.15) is 20.3 Å². The van der Waals surface area contributed by atoms with E-state index in [4.69, 9.17) is 5.73 Å². The molecule has 0 amide bonds. The van der Waals surface area contributed by atoms with Crippen molar-refractivity contribution in [3.8, 4) is 0 Å². The second-order valence-electron chi connectivity index (χ2n) is 4.00. The van der Waals surface area contributed by atoms with E-state index in [1.54, 1.807) is 0 Å². The SMILES string of the molecule is CC1(C)CC1(CN)C(O)C=O. The zero-order valence-electron chi connectivity index (χ0n) is 7.00. The molecule has 3 nitrogen and oxygen atoms in total. The summed E-state index contributed by atoms with van der Waals surface area (Å²) >= 11 is 0. The summed E-state index contributed by atoms with van der Waals surface area (Å²) in [6.07, 6.45) is 0.542. The Kier molecular flexibility index (Phi) is 1.81. The van der Waals surface area contributed by atoms with Gasteiger partial charge >= 0.3 is 0 Å². The molecule has 0 aromatic rings. The lowest BCUT2D eigenvalue weighted by Crippen LogP contribution is -2.34. The van der Waals surface area contributed by atoms with Crippen LogP contribution in [0, 0.1) is 10.8 Å². The van der Waals surface area contributed by atoms with E-state index >= 15 is 0 Å². The predicted molar refractivity (Wildman–Crippen MR) is 42.0 cm³/mol. The van der Waals surface area contributed by atoms with Crippen molar-refractivity contribution >= 4 is 6.29 Å². The number of hydrogen-bond acceptors (Lipinski definition) is 3. The molecule has 3 heteroatoms. The molecule has 0 bridgehead atoms. The van der Waals surface area contributed by atoms with Gasteiger partial charge in [-0.15, -0.1) is 0 Å². The van der Waals surface area contributed by atoms with Crippen LogP contribution in [0.15, 0.2) is 0 Å². The Morgan fingerprint density at radius 2 is 2.18 bits per heavy atom. The molecule has 64 valence electrons. The maximum Gasteiger partial charge on any atom is 0.149 e. The number of hydrogen-bond donors (Lipinski definition) is 2. The van der Waals surface area contributed by atoms with Crippen molar-refractivity contribution in [2.45, 2.75) is 26.4 Å². The maximum atomic E-state index is 10.3. The highest BCUT2D eigenvalue weighted by Crippen LogP contribution is 2.64. The highest BCUT2D eigenvalue weighted by Gasteiger charge is 2.64. The monoisotopic (exact) mass is 157 g/mol. The van der Waals surface area contributed by atoms with Gasteiger partial charge in [0.1, 0.15) is 12.4 Å². The molecule has 0 aromatic carbocycles. The molecular formula is C8H15NO2. The Balaban J connectivity index is 2.74. The van der Waals surface area contributed by atoms with Crippen LogP contribution < -0.4 is 5.73 Å². The molecule has 1 aliphatic carbocycles. The predicted octanol–water partition coefficient (Wildman–Crippen LogP) is -0.0788. The van der Waals surface area contributed by atoms with Crippen LogP contribution in [0.2, 0.25) is 0 Å². The lowest BCUT2D eigenvalue weighted by molar-refractivity contribution is -0.118. The van der Waals surface area contributed by atoms with Crippen LogP contribution in [0.3, 0.4) is 0 Å². The van der Waals surface area contributed by atoms with E-state index in [0.717, 1.165) is 6.42 Å². The van der Waals surface area contributed by atoms with Crippen molar-refractivity contribution in [1.82, 2.24) is 0 Å². The van der Waals surface area contributed by atoms with Gasteiger partial charge < -0.3 is 15.6 Å². The van der Waals surface area contributed by atoms with Crippen LogP contribution in [0.25, 0.3) is 0 Å². The van der Waals surface area contributed by atoms with Crippen molar-refractivity contribution in [2.24, 2.45) is 16.6 Å².